The van der Waals surface area contributed by atoms with Crippen LogP contribution in [0.2, 0.25) is 0 Å². The standard InChI is InChI=1S/C20H35N5O2S/c1-6-27-19(26)17-15(3)23-18(28-17)16(4)24-20(21-5)22-11-9-13-25-12-8-7-10-14(25)2/h14,16H,6-13H2,1-5H3,(H2,21,22,24). The van der Waals surface area contributed by atoms with Gasteiger partial charge in [-0.2, -0.15) is 0 Å². The first-order valence-electron chi connectivity index (χ1n) is 10.3. The van der Waals surface area contributed by atoms with E-state index in [0.717, 1.165) is 30.5 Å². The van der Waals surface area contributed by atoms with Gasteiger partial charge >= 0.3 is 5.97 Å². The molecule has 0 amide bonds. The van der Waals surface area contributed by atoms with E-state index in [1.807, 2.05) is 13.8 Å². The van der Waals surface area contributed by atoms with Crippen LogP contribution in [0.3, 0.4) is 0 Å². The summed E-state index contributed by atoms with van der Waals surface area (Å²) < 4.78 is 5.10. The predicted octanol–water partition coefficient (Wildman–Crippen LogP) is 3.12. The SMILES string of the molecule is CCOC(=O)c1sc(C(C)NC(=NC)NCCCN2CCCCC2C)nc1C. The molecule has 8 heteroatoms. The molecule has 1 aromatic rings. The van der Waals surface area contributed by atoms with E-state index in [0.29, 0.717) is 23.2 Å². The number of thiazole rings is 1. The minimum Gasteiger partial charge on any atom is -0.462 e. The normalized spacial score (nSPS) is 19.3. The lowest BCUT2D eigenvalue weighted by atomic mass is 10.0. The molecule has 2 unspecified atom stereocenters. The number of carbonyl (C=O) groups excluding carboxylic acids is 1. The zero-order chi connectivity index (χ0) is 20.5. The first-order valence-corrected chi connectivity index (χ1v) is 11.1. The monoisotopic (exact) mass is 409 g/mol. The lowest BCUT2D eigenvalue weighted by Crippen LogP contribution is -2.41. The van der Waals surface area contributed by atoms with Crippen molar-refractivity contribution in [1.29, 1.82) is 0 Å². The quantitative estimate of drug-likeness (QED) is 0.297. The molecule has 2 atom stereocenters. The van der Waals surface area contributed by atoms with Crippen LogP contribution in [0.15, 0.2) is 4.99 Å². The van der Waals surface area contributed by atoms with Crippen LogP contribution in [0.25, 0.3) is 0 Å². The summed E-state index contributed by atoms with van der Waals surface area (Å²) in [5, 5.41) is 7.60. The summed E-state index contributed by atoms with van der Waals surface area (Å²) in [5.74, 6) is 0.454. The van der Waals surface area contributed by atoms with Gasteiger partial charge in [0.05, 0.1) is 18.3 Å². The fraction of sp³-hybridized carbons (Fsp3) is 0.750. The van der Waals surface area contributed by atoms with Crippen LogP contribution in [0.4, 0.5) is 0 Å². The second-order valence-electron chi connectivity index (χ2n) is 7.29. The highest BCUT2D eigenvalue weighted by atomic mass is 32.1. The third kappa shape index (κ3) is 6.44. The minimum absolute atomic E-state index is 0.0415. The maximum absolute atomic E-state index is 12.0. The zero-order valence-electron chi connectivity index (χ0n) is 17.9. The molecule has 1 aromatic heterocycles. The average molecular weight is 410 g/mol. The van der Waals surface area contributed by atoms with Crippen LogP contribution < -0.4 is 10.6 Å². The Balaban J connectivity index is 1.80. The van der Waals surface area contributed by atoms with Crippen molar-refractivity contribution in [2.45, 2.75) is 65.5 Å². The molecule has 1 fully saturated rings. The molecule has 2 rings (SSSR count). The van der Waals surface area contributed by atoms with E-state index < -0.39 is 0 Å². The summed E-state index contributed by atoms with van der Waals surface area (Å²) in [6.45, 7) is 11.6. The van der Waals surface area contributed by atoms with Gasteiger partial charge in [-0.3, -0.25) is 4.99 Å². The maximum Gasteiger partial charge on any atom is 0.350 e. The molecule has 0 saturated carbocycles. The highest BCUT2D eigenvalue weighted by molar-refractivity contribution is 7.13. The number of likely N-dealkylation sites (tertiary alicyclic amines) is 1. The van der Waals surface area contributed by atoms with E-state index >= 15 is 0 Å². The molecule has 0 radical (unpaired) electrons. The zero-order valence-corrected chi connectivity index (χ0v) is 18.7. The van der Waals surface area contributed by atoms with Crippen molar-refractivity contribution in [2.24, 2.45) is 4.99 Å². The number of aromatic nitrogens is 1. The van der Waals surface area contributed by atoms with Gasteiger partial charge in [0.1, 0.15) is 9.88 Å². The molecule has 0 aromatic carbocycles. The fourth-order valence-electron chi connectivity index (χ4n) is 3.43. The number of nitrogens with one attached hydrogen (secondary N) is 2. The summed E-state index contributed by atoms with van der Waals surface area (Å²) in [5.41, 5.74) is 0.714. The summed E-state index contributed by atoms with van der Waals surface area (Å²) >= 11 is 1.38. The fourth-order valence-corrected chi connectivity index (χ4v) is 4.39. The van der Waals surface area contributed by atoms with E-state index in [4.69, 9.17) is 4.74 Å². The van der Waals surface area contributed by atoms with E-state index in [-0.39, 0.29) is 12.0 Å². The van der Waals surface area contributed by atoms with Crippen molar-refractivity contribution >= 4 is 23.3 Å². The van der Waals surface area contributed by atoms with Crippen molar-refractivity contribution in [1.82, 2.24) is 20.5 Å². The molecule has 28 heavy (non-hydrogen) atoms. The maximum atomic E-state index is 12.0. The Hall–Kier alpha value is -1.67. The van der Waals surface area contributed by atoms with Crippen LogP contribution in [0, 0.1) is 6.92 Å². The average Bonchev–Trinajstić information content (AvgIpc) is 3.07. The van der Waals surface area contributed by atoms with Gasteiger partial charge in [-0.15, -0.1) is 11.3 Å². The Labute approximate surface area is 173 Å². The van der Waals surface area contributed by atoms with Gasteiger partial charge in [0.2, 0.25) is 0 Å². The Kier molecular flexibility index (Phi) is 9.18. The first-order chi connectivity index (χ1) is 13.5. The molecular weight excluding hydrogens is 374 g/mol. The molecule has 1 aliphatic heterocycles. The molecule has 2 N–H and O–H groups in total. The van der Waals surface area contributed by atoms with Crippen molar-refractivity contribution < 1.29 is 9.53 Å². The van der Waals surface area contributed by atoms with Crippen molar-refractivity contribution in [2.75, 3.05) is 33.3 Å². The van der Waals surface area contributed by atoms with Crippen LogP contribution in [0.5, 0.6) is 0 Å². The number of aryl methyl sites for hydroxylation is 1. The third-order valence-electron chi connectivity index (χ3n) is 5.08. The highest BCUT2D eigenvalue weighted by Gasteiger charge is 2.20. The van der Waals surface area contributed by atoms with Gasteiger partial charge in [0, 0.05) is 26.2 Å². The number of nitrogens with zero attached hydrogens (tertiary/aromatic N) is 3. The van der Waals surface area contributed by atoms with Gasteiger partial charge < -0.3 is 20.3 Å². The second-order valence-corrected chi connectivity index (χ2v) is 8.32. The van der Waals surface area contributed by atoms with Crippen LogP contribution >= 0.6 is 11.3 Å². The first kappa shape index (κ1) is 22.6. The lowest BCUT2D eigenvalue weighted by molar-refractivity contribution is 0.0531. The van der Waals surface area contributed by atoms with Crippen LogP contribution in [-0.2, 0) is 4.74 Å². The van der Waals surface area contributed by atoms with Gasteiger partial charge in [-0.05, 0) is 53.5 Å². The number of esters is 1. The molecular formula is C20H35N5O2S. The lowest BCUT2D eigenvalue weighted by Gasteiger charge is -2.33. The largest absolute Gasteiger partial charge is 0.462 e. The Morgan fingerprint density at radius 2 is 2.25 bits per heavy atom. The second kappa shape index (κ2) is 11.4. The molecule has 1 saturated heterocycles. The van der Waals surface area contributed by atoms with Gasteiger partial charge in [-0.1, -0.05) is 6.42 Å². The highest BCUT2D eigenvalue weighted by Crippen LogP contribution is 2.24. The number of carbonyl (C=O) groups is 1. The Morgan fingerprint density at radius 3 is 2.93 bits per heavy atom. The summed E-state index contributed by atoms with van der Waals surface area (Å²) in [6, 6.07) is 0.660. The molecule has 7 nitrogen and oxygen atoms in total. The van der Waals surface area contributed by atoms with E-state index in [1.54, 1.807) is 14.0 Å². The smallest absolute Gasteiger partial charge is 0.350 e. The minimum atomic E-state index is -0.301. The molecule has 0 bridgehead atoms. The molecule has 158 valence electrons. The number of rotatable bonds is 8. The van der Waals surface area contributed by atoms with Crippen LogP contribution in [-0.4, -0.2) is 61.1 Å². The Morgan fingerprint density at radius 1 is 1.46 bits per heavy atom. The molecule has 2 heterocycles. The molecule has 0 aliphatic carbocycles. The van der Waals surface area contributed by atoms with Gasteiger partial charge in [-0.25, -0.2) is 9.78 Å². The van der Waals surface area contributed by atoms with E-state index in [2.05, 4.69) is 32.4 Å². The number of aliphatic imine (C=N–C) groups is 1. The van der Waals surface area contributed by atoms with E-state index in [1.165, 1.54) is 37.1 Å². The Bertz CT molecular complexity index is 661. The van der Waals surface area contributed by atoms with Gasteiger partial charge in [0.25, 0.3) is 0 Å². The number of piperidine rings is 1. The third-order valence-corrected chi connectivity index (χ3v) is 6.40. The van der Waals surface area contributed by atoms with Crippen molar-refractivity contribution in [3.05, 3.63) is 15.6 Å². The number of hydrogen-bond acceptors (Lipinski definition) is 6. The van der Waals surface area contributed by atoms with Crippen molar-refractivity contribution in [3.63, 3.8) is 0 Å². The number of hydrogen-bond donors (Lipinski definition) is 2. The van der Waals surface area contributed by atoms with E-state index in [9.17, 15) is 4.79 Å². The van der Waals surface area contributed by atoms with Crippen molar-refractivity contribution in [3.8, 4) is 0 Å². The summed E-state index contributed by atoms with van der Waals surface area (Å²) in [6.07, 6.45) is 5.08. The van der Waals surface area contributed by atoms with Gasteiger partial charge in [0.15, 0.2) is 5.96 Å². The number of ether oxygens (including phenoxy) is 1. The topological polar surface area (TPSA) is 78.8 Å². The predicted molar refractivity (Wildman–Crippen MR) is 115 cm³/mol. The molecule has 1 aliphatic rings. The summed E-state index contributed by atoms with van der Waals surface area (Å²) in [7, 11) is 1.77. The number of guanidine groups is 1. The summed E-state index contributed by atoms with van der Waals surface area (Å²) in [4.78, 5) is 24.0. The van der Waals surface area contributed by atoms with Crippen LogP contribution in [0.1, 0.15) is 72.9 Å². The molecule has 0 spiro atoms.